The van der Waals surface area contributed by atoms with Crippen LogP contribution in [-0.2, 0) is 7.05 Å². The van der Waals surface area contributed by atoms with E-state index in [4.69, 9.17) is 8.83 Å². The van der Waals surface area contributed by atoms with Gasteiger partial charge in [0.05, 0.1) is 16.4 Å². The number of hydrogen-bond donors (Lipinski definition) is 0. The SMILES string of the molecule is C=Cc1oc2c(ccc3c4c5oc6ccccc6c5ccc4n(C)c32)c1C=C. The van der Waals surface area contributed by atoms with Crippen molar-refractivity contribution in [2.45, 2.75) is 0 Å². The van der Waals surface area contributed by atoms with E-state index in [-0.39, 0.29) is 0 Å². The summed E-state index contributed by atoms with van der Waals surface area (Å²) in [4.78, 5) is 0. The summed E-state index contributed by atoms with van der Waals surface area (Å²) in [5, 5.41) is 5.55. The first-order chi connectivity index (χ1) is 13.7. The Morgan fingerprint density at radius 1 is 0.786 bits per heavy atom. The van der Waals surface area contributed by atoms with Crippen LogP contribution >= 0.6 is 0 Å². The molecule has 0 radical (unpaired) electrons. The lowest BCUT2D eigenvalue weighted by atomic mass is 10.1. The van der Waals surface area contributed by atoms with Gasteiger partial charge in [-0.05, 0) is 30.3 Å². The van der Waals surface area contributed by atoms with Crippen LogP contribution < -0.4 is 0 Å². The summed E-state index contributed by atoms with van der Waals surface area (Å²) in [6.45, 7) is 7.82. The van der Waals surface area contributed by atoms with Crippen LogP contribution in [0, 0.1) is 0 Å². The average molecular weight is 363 g/mol. The summed E-state index contributed by atoms with van der Waals surface area (Å²) < 4.78 is 14.7. The van der Waals surface area contributed by atoms with Gasteiger partial charge in [-0.15, -0.1) is 0 Å². The zero-order valence-corrected chi connectivity index (χ0v) is 15.5. The molecule has 28 heavy (non-hydrogen) atoms. The third-order valence-electron chi connectivity index (χ3n) is 5.78. The first kappa shape index (κ1) is 15.3. The van der Waals surface area contributed by atoms with E-state index in [0.29, 0.717) is 0 Å². The molecule has 0 atom stereocenters. The van der Waals surface area contributed by atoms with Gasteiger partial charge in [-0.3, -0.25) is 0 Å². The number of rotatable bonds is 2. The lowest BCUT2D eigenvalue weighted by Crippen LogP contribution is -1.86. The average Bonchev–Trinajstić information content (AvgIpc) is 3.37. The van der Waals surface area contributed by atoms with E-state index in [1.807, 2.05) is 24.3 Å². The first-order valence-electron chi connectivity index (χ1n) is 9.25. The fourth-order valence-corrected chi connectivity index (χ4v) is 4.52. The Bertz CT molecular complexity index is 1600. The highest BCUT2D eigenvalue weighted by Crippen LogP contribution is 2.42. The van der Waals surface area contributed by atoms with Crippen LogP contribution in [0.5, 0.6) is 0 Å². The van der Waals surface area contributed by atoms with E-state index in [1.165, 1.54) is 0 Å². The fraction of sp³-hybridized carbons (Fsp3) is 0.0400. The Labute approximate surface area is 160 Å². The van der Waals surface area contributed by atoms with Gasteiger partial charge in [0.2, 0.25) is 0 Å². The number of furan rings is 2. The number of benzene rings is 3. The van der Waals surface area contributed by atoms with Gasteiger partial charge in [0.25, 0.3) is 0 Å². The molecule has 3 nitrogen and oxygen atoms in total. The third kappa shape index (κ3) is 1.69. The van der Waals surface area contributed by atoms with Gasteiger partial charge in [-0.2, -0.15) is 0 Å². The molecule has 0 saturated carbocycles. The number of aryl methyl sites for hydroxylation is 1. The number of fused-ring (bicyclic) bond motifs is 9. The molecule has 0 unspecified atom stereocenters. The van der Waals surface area contributed by atoms with Crippen molar-refractivity contribution >= 4 is 66.9 Å². The molecule has 0 fully saturated rings. The van der Waals surface area contributed by atoms with Crippen LogP contribution in [0.2, 0.25) is 0 Å². The monoisotopic (exact) mass is 363 g/mol. The summed E-state index contributed by atoms with van der Waals surface area (Å²) in [5.74, 6) is 0.747. The molecule has 0 aliphatic carbocycles. The van der Waals surface area contributed by atoms with Crippen molar-refractivity contribution < 1.29 is 8.83 Å². The van der Waals surface area contributed by atoms with E-state index in [2.05, 4.69) is 55.1 Å². The normalized spacial score (nSPS) is 12.0. The van der Waals surface area contributed by atoms with Gasteiger partial charge in [-0.25, -0.2) is 0 Å². The van der Waals surface area contributed by atoms with Crippen LogP contribution in [0.1, 0.15) is 11.3 Å². The second-order valence-corrected chi connectivity index (χ2v) is 7.12. The topological polar surface area (TPSA) is 31.2 Å². The molecule has 3 heteroatoms. The van der Waals surface area contributed by atoms with Crippen molar-refractivity contribution in [1.82, 2.24) is 4.57 Å². The molecule has 3 heterocycles. The molecule has 3 aromatic heterocycles. The van der Waals surface area contributed by atoms with Crippen LogP contribution in [0.15, 0.2) is 70.5 Å². The predicted molar refractivity (Wildman–Crippen MR) is 118 cm³/mol. The Balaban J connectivity index is 1.89. The lowest BCUT2D eigenvalue weighted by molar-refractivity contribution is 0.605. The molecule has 6 aromatic rings. The molecule has 0 aliphatic heterocycles. The van der Waals surface area contributed by atoms with Gasteiger partial charge >= 0.3 is 0 Å². The van der Waals surface area contributed by atoms with Crippen molar-refractivity contribution in [2.75, 3.05) is 0 Å². The Kier molecular flexibility index (Phi) is 2.83. The fourth-order valence-electron chi connectivity index (χ4n) is 4.52. The lowest BCUT2D eigenvalue weighted by Gasteiger charge is -1.98. The first-order valence-corrected chi connectivity index (χ1v) is 9.25. The molecule has 0 aliphatic rings. The quantitative estimate of drug-likeness (QED) is 0.324. The number of nitrogens with zero attached hydrogens (tertiary/aromatic N) is 1. The summed E-state index contributed by atoms with van der Waals surface area (Å²) in [6, 6.07) is 16.7. The van der Waals surface area contributed by atoms with E-state index in [9.17, 15) is 0 Å². The second kappa shape index (κ2) is 5.17. The standard InChI is InChI=1S/C25H17NO2/c1-4-14-16-10-11-18-22-19(26(3)23(18)25(16)27-20(14)5-2)13-12-17-15-8-6-7-9-21(15)28-24(17)22/h4-13H,1-2H2,3H3. The summed E-state index contributed by atoms with van der Waals surface area (Å²) in [7, 11) is 2.07. The van der Waals surface area contributed by atoms with Crippen LogP contribution in [0.25, 0.3) is 66.9 Å². The minimum atomic E-state index is 0.747. The highest BCUT2D eigenvalue weighted by Gasteiger charge is 2.20. The molecule has 0 spiro atoms. The summed E-state index contributed by atoms with van der Waals surface area (Å²) in [6.07, 6.45) is 3.57. The molecular weight excluding hydrogens is 346 g/mol. The summed E-state index contributed by atoms with van der Waals surface area (Å²) >= 11 is 0. The number of para-hydroxylation sites is 1. The molecule has 0 bridgehead atoms. The van der Waals surface area contributed by atoms with Crippen molar-refractivity contribution in [2.24, 2.45) is 7.05 Å². The van der Waals surface area contributed by atoms with Crippen molar-refractivity contribution in [3.05, 3.63) is 73.0 Å². The Morgan fingerprint density at radius 3 is 2.39 bits per heavy atom. The highest BCUT2D eigenvalue weighted by molar-refractivity contribution is 6.26. The van der Waals surface area contributed by atoms with Crippen molar-refractivity contribution in [3.8, 4) is 0 Å². The second-order valence-electron chi connectivity index (χ2n) is 7.12. The van der Waals surface area contributed by atoms with Gasteiger partial charge < -0.3 is 13.4 Å². The maximum atomic E-state index is 6.29. The van der Waals surface area contributed by atoms with Crippen LogP contribution in [0.3, 0.4) is 0 Å². The number of aromatic nitrogens is 1. The van der Waals surface area contributed by atoms with E-state index < -0.39 is 0 Å². The van der Waals surface area contributed by atoms with Gasteiger partial charge in [0.15, 0.2) is 5.58 Å². The highest BCUT2D eigenvalue weighted by atomic mass is 16.3. The maximum Gasteiger partial charge on any atom is 0.159 e. The van der Waals surface area contributed by atoms with Crippen LogP contribution in [0.4, 0.5) is 0 Å². The van der Waals surface area contributed by atoms with E-state index >= 15 is 0 Å². The maximum absolute atomic E-state index is 6.29. The zero-order chi connectivity index (χ0) is 19.0. The molecular formula is C25H17NO2. The number of hydrogen-bond acceptors (Lipinski definition) is 2. The molecule has 0 amide bonds. The molecule has 134 valence electrons. The van der Waals surface area contributed by atoms with E-state index in [1.54, 1.807) is 6.08 Å². The molecule has 6 rings (SSSR count). The van der Waals surface area contributed by atoms with Gasteiger partial charge in [0.1, 0.15) is 16.9 Å². The minimum absolute atomic E-state index is 0.747. The minimum Gasteiger partial charge on any atom is -0.455 e. The Morgan fingerprint density at radius 2 is 1.57 bits per heavy atom. The molecule has 3 aromatic carbocycles. The zero-order valence-electron chi connectivity index (χ0n) is 15.5. The van der Waals surface area contributed by atoms with Crippen LogP contribution in [-0.4, -0.2) is 4.57 Å². The molecule has 0 N–H and O–H groups in total. The van der Waals surface area contributed by atoms with Crippen molar-refractivity contribution in [1.29, 1.82) is 0 Å². The third-order valence-corrected chi connectivity index (χ3v) is 5.78. The van der Waals surface area contributed by atoms with E-state index in [0.717, 1.165) is 66.0 Å². The smallest absolute Gasteiger partial charge is 0.159 e. The molecule has 0 saturated heterocycles. The van der Waals surface area contributed by atoms with Crippen molar-refractivity contribution in [3.63, 3.8) is 0 Å². The largest absolute Gasteiger partial charge is 0.455 e. The Hall–Kier alpha value is -3.72. The summed E-state index contributed by atoms with van der Waals surface area (Å²) in [5.41, 5.74) is 5.82. The van der Waals surface area contributed by atoms with Gasteiger partial charge in [-0.1, -0.05) is 43.5 Å². The van der Waals surface area contributed by atoms with Gasteiger partial charge in [0, 0.05) is 34.2 Å². The predicted octanol–water partition coefficient (Wildman–Crippen LogP) is 7.26.